The Kier molecular flexibility index (Phi) is 9.04. The predicted octanol–water partition coefficient (Wildman–Crippen LogP) is 3.54. The molecule has 206 valence electrons. The van der Waals surface area contributed by atoms with Gasteiger partial charge in [-0.1, -0.05) is 24.3 Å². The van der Waals surface area contributed by atoms with E-state index < -0.39 is 18.3 Å². The Labute approximate surface area is 221 Å². The van der Waals surface area contributed by atoms with Crippen LogP contribution in [0.5, 0.6) is 0 Å². The Balaban J connectivity index is 1.34. The molecule has 0 aliphatic carbocycles. The van der Waals surface area contributed by atoms with Crippen molar-refractivity contribution in [3.8, 4) is 0 Å². The first-order valence-electron chi connectivity index (χ1n) is 13.2. The van der Waals surface area contributed by atoms with E-state index in [1.54, 1.807) is 25.3 Å². The summed E-state index contributed by atoms with van der Waals surface area (Å²) in [5.41, 5.74) is 3.59. The molecule has 0 bridgehead atoms. The van der Waals surface area contributed by atoms with Crippen molar-refractivity contribution in [1.82, 2.24) is 25.4 Å². The average Bonchev–Trinajstić information content (AvgIpc) is 3.29. The van der Waals surface area contributed by atoms with E-state index in [4.69, 9.17) is 0 Å². The molecular weight excluding hydrogens is 495 g/mol. The van der Waals surface area contributed by atoms with Gasteiger partial charge in [0.2, 0.25) is 5.91 Å². The molecular formula is C28H36F3N5O2. The number of piperidine rings is 1. The number of nitrogens with zero attached hydrogens (tertiary/aromatic N) is 3. The lowest BCUT2D eigenvalue weighted by atomic mass is 9.91. The third-order valence-corrected chi connectivity index (χ3v) is 7.51. The Hall–Kier alpha value is -2.98. The van der Waals surface area contributed by atoms with Crippen LogP contribution in [0.4, 0.5) is 13.2 Å². The fraction of sp³-hybridized carbons (Fsp3) is 0.536. The van der Waals surface area contributed by atoms with Crippen molar-refractivity contribution < 1.29 is 22.8 Å². The van der Waals surface area contributed by atoms with E-state index in [1.807, 2.05) is 29.2 Å². The molecule has 1 unspecified atom stereocenters. The summed E-state index contributed by atoms with van der Waals surface area (Å²) in [6, 6.07) is 9.08. The molecule has 2 aliphatic rings. The number of alkyl halides is 3. The molecule has 2 N–H and O–H groups in total. The monoisotopic (exact) mass is 531 g/mol. The second kappa shape index (κ2) is 12.3. The first-order valence-corrected chi connectivity index (χ1v) is 13.2. The van der Waals surface area contributed by atoms with Gasteiger partial charge in [-0.2, -0.15) is 13.2 Å². The van der Waals surface area contributed by atoms with Crippen molar-refractivity contribution in [3.05, 3.63) is 65.0 Å². The highest BCUT2D eigenvalue weighted by atomic mass is 19.4. The molecule has 4 rings (SSSR count). The molecule has 38 heavy (non-hydrogen) atoms. The number of hydrogen-bond donors (Lipinski definition) is 2. The lowest BCUT2D eigenvalue weighted by molar-refractivity contribution is -0.153. The number of amides is 2. The number of rotatable bonds is 9. The normalized spacial score (nSPS) is 18.2. The summed E-state index contributed by atoms with van der Waals surface area (Å²) < 4.78 is 39.9. The fourth-order valence-electron chi connectivity index (χ4n) is 5.27. The topological polar surface area (TPSA) is 77.6 Å². The zero-order chi connectivity index (χ0) is 27.3. The van der Waals surface area contributed by atoms with Crippen molar-refractivity contribution in [1.29, 1.82) is 0 Å². The highest BCUT2D eigenvalue weighted by Gasteiger charge is 2.37. The second-order valence-corrected chi connectivity index (χ2v) is 10.5. The van der Waals surface area contributed by atoms with Crippen LogP contribution in [-0.2, 0) is 24.3 Å². The van der Waals surface area contributed by atoms with Gasteiger partial charge in [0.15, 0.2) is 0 Å². The lowest BCUT2D eigenvalue weighted by Crippen LogP contribution is -2.53. The Morgan fingerprint density at radius 1 is 1.11 bits per heavy atom. The Bertz CT molecular complexity index is 1090. The van der Waals surface area contributed by atoms with Crippen LogP contribution in [0.15, 0.2) is 42.6 Å². The van der Waals surface area contributed by atoms with E-state index in [2.05, 4.69) is 20.5 Å². The number of hydrogen-bond acceptors (Lipinski definition) is 5. The van der Waals surface area contributed by atoms with Gasteiger partial charge in [-0.05, 0) is 55.4 Å². The second-order valence-electron chi connectivity index (χ2n) is 10.5. The summed E-state index contributed by atoms with van der Waals surface area (Å²) in [5.74, 6) is 0.140. The number of benzene rings is 1. The zero-order valence-electron chi connectivity index (χ0n) is 21.9. The summed E-state index contributed by atoms with van der Waals surface area (Å²) in [5, 5.41) is 5.51. The van der Waals surface area contributed by atoms with Crippen LogP contribution in [0.1, 0.15) is 53.9 Å². The number of fused-ring (bicyclic) bond motifs is 1. The van der Waals surface area contributed by atoms with Crippen LogP contribution in [0, 0.1) is 5.92 Å². The molecule has 1 fully saturated rings. The van der Waals surface area contributed by atoms with Crippen LogP contribution in [0.2, 0.25) is 0 Å². The van der Waals surface area contributed by atoms with Crippen molar-refractivity contribution in [2.24, 2.45) is 5.92 Å². The summed E-state index contributed by atoms with van der Waals surface area (Å²) in [6.45, 7) is 5.91. The first kappa shape index (κ1) is 28.0. The molecule has 1 aromatic heterocycles. The minimum atomic E-state index is -4.38. The summed E-state index contributed by atoms with van der Waals surface area (Å²) in [6.07, 6.45) is -0.282. The maximum Gasteiger partial charge on any atom is 0.403 e. The molecule has 0 spiro atoms. The van der Waals surface area contributed by atoms with Gasteiger partial charge in [-0.25, -0.2) is 0 Å². The van der Waals surface area contributed by atoms with Gasteiger partial charge in [-0.3, -0.25) is 19.5 Å². The molecule has 7 nitrogen and oxygen atoms in total. The summed E-state index contributed by atoms with van der Waals surface area (Å²) >= 11 is 0. The molecule has 2 atom stereocenters. The minimum Gasteiger partial charge on any atom is -0.350 e. The maximum atomic E-state index is 13.3. The first-order chi connectivity index (χ1) is 18.1. The van der Waals surface area contributed by atoms with Gasteiger partial charge >= 0.3 is 6.18 Å². The minimum absolute atomic E-state index is 0.0628. The van der Waals surface area contributed by atoms with Gasteiger partial charge in [-0.15, -0.1) is 0 Å². The Morgan fingerprint density at radius 2 is 1.76 bits per heavy atom. The number of halogens is 3. The van der Waals surface area contributed by atoms with E-state index in [-0.39, 0.29) is 18.4 Å². The zero-order valence-corrected chi connectivity index (χ0v) is 21.9. The number of carbonyl (C=O) groups excluding carboxylic acids is 2. The quantitative estimate of drug-likeness (QED) is 0.518. The number of likely N-dealkylation sites (tertiary alicyclic amines) is 1. The third kappa shape index (κ3) is 7.54. The van der Waals surface area contributed by atoms with Gasteiger partial charge in [0, 0.05) is 69.7 Å². The van der Waals surface area contributed by atoms with Crippen molar-refractivity contribution in [3.63, 3.8) is 0 Å². The van der Waals surface area contributed by atoms with Crippen molar-refractivity contribution in [2.75, 3.05) is 26.2 Å². The van der Waals surface area contributed by atoms with Crippen LogP contribution in [-0.4, -0.2) is 71.0 Å². The van der Waals surface area contributed by atoms with E-state index in [9.17, 15) is 22.8 Å². The van der Waals surface area contributed by atoms with Crippen LogP contribution >= 0.6 is 0 Å². The molecule has 3 heterocycles. The van der Waals surface area contributed by atoms with E-state index in [1.165, 1.54) is 11.1 Å². The SMILES string of the molecule is CC(=O)N1CCC(Cc2cc(C(=O)NC[C@@H](CN3Cc4ccccc4C3)NC(C)C(F)(F)F)ccn2)CC1. The highest BCUT2D eigenvalue weighted by Crippen LogP contribution is 2.24. The van der Waals surface area contributed by atoms with Gasteiger partial charge < -0.3 is 15.5 Å². The number of aromatic nitrogens is 1. The van der Waals surface area contributed by atoms with E-state index in [0.29, 0.717) is 31.1 Å². The molecule has 0 saturated carbocycles. The Morgan fingerprint density at radius 3 is 2.37 bits per heavy atom. The predicted molar refractivity (Wildman–Crippen MR) is 138 cm³/mol. The lowest BCUT2D eigenvalue weighted by Gasteiger charge is -2.31. The molecule has 2 aromatic rings. The smallest absolute Gasteiger partial charge is 0.350 e. The molecule has 1 aromatic carbocycles. The molecule has 2 aliphatic heterocycles. The van der Waals surface area contributed by atoms with E-state index in [0.717, 1.165) is 45.0 Å². The standard InChI is InChI=1S/C28H36F3N5O2/c1-19(28(29,30)31)34-26(18-35-16-23-5-3-4-6-24(23)17-35)15-33-27(38)22-7-10-32-25(14-22)13-21-8-11-36(12-9-21)20(2)37/h3-7,10,14,19,21,26,34H,8-9,11-13,15-18H2,1-2H3,(H,33,38)/t19?,26-/m0/s1. The van der Waals surface area contributed by atoms with Gasteiger partial charge in [0.25, 0.3) is 5.91 Å². The van der Waals surface area contributed by atoms with Crippen LogP contribution < -0.4 is 10.6 Å². The van der Waals surface area contributed by atoms with Gasteiger partial charge in [0.05, 0.1) is 0 Å². The average molecular weight is 532 g/mol. The molecule has 2 amide bonds. The third-order valence-electron chi connectivity index (χ3n) is 7.51. The van der Waals surface area contributed by atoms with Crippen LogP contribution in [0.3, 0.4) is 0 Å². The van der Waals surface area contributed by atoms with Crippen LogP contribution in [0.25, 0.3) is 0 Å². The summed E-state index contributed by atoms with van der Waals surface area (Å²) in [7, 11) is 0. The highest BCUT2D eigenvalue weighted by molar-refractivity contribution is 5.94. The van der Waals surface area contributed by atoms with Gasteiger partial charge in [0.1, 0.15) is 6.04 Å². The molecule has 0 radical (unpaired) electrons. The molecule has 10 heteroatoms. The fourth-order valence-corrected chi connectivity index (χ4v) is 5.27. The number of carbonyl (C=O) groups is 2. The largest absolute Gasteiger partial charge is 0.403 e. The summed E-state index contributed by atoms with van der Waals surface area (Å²) in [4.78, 5) is 32.9. The van der Waals surface area contributed by atoms with Crippen molar-refractivity contribution >= 4 is 11.8 Å². The van der Waals surface area contributed by atoms with E-state index >= 15 is 0 Å². The maximum absolute atomic E-state index is 13.3. The molecule has 1 saturated heterocycles. The number of pyridine rings is 1. The number of nitrogens with one attached hydrogen (secondary N) is 2. The van der Waals surface area contributed by atoms with Crippen molar-refractivity contribution in [2.45, 2.75) is 64.5 Å².